The van der Waals surface area contributed by atoms with Crippen molar-refractivity contribution in [1.82, 2.24) is 15.1 Å². The summed E-state index contributed by atoms with van der Waals surface area (Å²) in [7, 11) is 0. The number of carbonyl (C=O) groups is 3. The van der Waals surface area contributed by atoms with Crippen LogP contribution in [0.2, 0.25) is 0 Å². The third-order valence-electron chi connectivity index (χ3n) is 6.88. The van der Waals surface area contributed by atoms with Crippen LogP contribution in [0.4, 0.5) is 8.78 Å². The van der Waals surface area contributed by atoms with E-state index >= 15 is 0 Å². The van der Waals surface area contributed by atoms with E-state index in [1.807, 2.05) is 0 Å². The van der Waals surface area contributed by atoms with Gasteiger partial charge < -0.3 is 25.0 Å². The van der Waals surface area contributed by atoms with Crippen LogP contribution in [0.15, 0.2) is 29.7 Å². The molecule has 0 spiro atoms. The van der Waals surface area contributed by atoms with E-state index in [0.717, 1.165) is 25.3 Å². The first kappa shape index (κ1) is 20.9. The quantitative estimate of drug-likeness (QED) is 0.676. The molecule has 2 N–H and O–H groups in total. The summed E-state index contributed by atoms with van der Waals surface area (Å²) in [6.07, 6.45) is 2.35. The van der Waals surface area contributed by atoms with Crippen molar-refractivity contribution in [3.05, 3.63) is 46.9 Å². The van der Waals surface area contributed by atoms with Gasteiger partial charge in [-0.15, -0.1) is 0 Å². The molecule has 170 valence electrons. The Balaban J connectivity index is 1.34. The second-order valence-electron chi connectivity index (χ2n) is 8.73. The molecule has 1 saturated carbocycles. The first-order valence-electron chi connectivity index (χ1n) is 10.7. The van der Waals surface area contributed by atoms with Gasteiger partial charge in [0.15, 0.2) is 12.0 Å². The normalized spacial score (nSPS) is 29.6. The topological polar surface area (TPSA) is 99.2 Å². The number of ether oxygens (including phenoxy) is 1. The van der Waals surface area contributed by atoms with Crippen molar-refractivity contribution in [2.45, 2.75) is 38.1 Å². The van der Waals surface area contributed by atoms with Crippen molar-refractivity contribution in [2.24, 2.45) is 11.8 Å². The van der Waals surface area contributed by atoms with Crippen LogP contribution in [0.3, 0.4) is 0 Å². The molecule has 0 bridgehead atoms. The molecule has 5 rings (SSSR count). The van der Waals surface area contributed by atoms with Crippen LogP contribution in [0, 0.1) is 23.5 Å². The molecule has 1 aromatic rings. The highest BCUT2D eigenvalue weighted by Crippen LogP contribution is 2.40. The maximum Gasteiger partial charge on any atom is 0.276 e. The summed E-state index contributed by atoms with van der Waals surface area (Å²) < 4.78 is 32.8. The second kappa shape index (κ2) is 7.84. The van der Waals surface area contributed by atoms with Crippen molar-refractivity contribution >= 4 is 17.6 Å². The first-order chi connectivity index (χ1) is 15.3. The molecular weight excluding hydrogens is 424 g/mol. The van der Waals surface area contributed by atoms with Gasteiger partial charge in [0, 0.05) is 36.7 Å². The molecule has 3 fully saturated rings. The van der Waals surface area contributed by atoms with Crippen molar-refractivity contribution in [3.63, 3.8) is 0 Å². The molecule has 4 aliphatic rings. The van der Waals surface area contributed by atoms with Crippen LogP contribution >= 0.6 is 0 Å². The van der Waals surface area contributed by atoms with E-state index in [0.29, 0.717) is 12.7 Å². The maximum atomic E-state index is 13.8. The number of Topliss-reactive ketones (excluding diaryl/α,β-unsaturated/α-hetero) is 1. The average Bonchev–Trinajstić information content (AvgIpc) is 3.24. The van der Waals surface area contributed by atoms with Gasteiger partial charge >= 0.3 is 0 Å². The fourth-order valence-corrected chi connectivity index (χ4v) is 5.24. The third kappa shape index (κ3) is 3.33. The zero-order valence-corrected chi connectivity index (χ0v) is 17.2. The summed E-state index contributed by atoms with van der Waals surface area (Å²) in [5, 5.41) is 13.0. The van der Waals surface area contributed by atoms with Crippen molar-refractivity contribution in [2.75, 3.05) is 19.7 Å². The van der Waals surface area contributed by atoms with Crippen LogP contribution in [0.5, 0.6) is 0 Å². The highest BCUT2D eigenvalue weighted by Gasteiger charge is 2.52. The molecule has 8 nitrogen and oxygen atoms in total. The van der Waals surface area contributed by atoms with E-state index in [-0.39, 0.29) is 42.9 Å². The summed E-state index contributed by atoms with van der Waals surface area (Å²) in [4.78, 5) is 41.8. The lowest BCUT2D eigenvalue weighted by Crippen LogP contribution is -2.65. The Hall–Kier alpha value is -3.01. The molecule has 3 aliphatic heterocycles. The van der Waals surface area contributed by atoms with Gasteiger partial charge in [0.25, 0.3) is 5.91 Å². The fourth-order valence-electron chi connectivity index (χ4n) is 5.24. The van der Waals surface area contributed by atoms with Crippen molar-refractivity contribution in [1.29, 1.82) is 0 Å². The van der Waals surface area contributed by atoms with E-state index in [2.05, 4.69) is 5.32 Å². The summed E-state index contributed by atoms with van der Waals surface area (Å²) in [5.74, 6) is -5.28. The van der Waals surface area contributed by atoms with Crippen molar-refractivity contribution < 1.29 is 33.0 Å². The Morgan fingerprint density at radius 2 is 2.03 bits per heavy atom. The maximum absolute atomic E-state index is 13.8. The molecule has 4 atom stereocenters. The number of piperazine rings is 1. The lowest BCUT2D eigenvalue weighted by atomic mass is 9.91. The van der Waals surface area contributed by atoms with Gasteiger partial charge in [-0.2, -0.15) is 0 Å². The third-order valence-corrected chi connectivity index (χ3v) is 6.88. The van der Waals surface area contributed by atoms with Crippen LogP contribution in [-0.2, 0) is 25.7 Å². The summed E-state index contributed by atoms with van der Waals surface area (Å²) in [5.41, 5.74) is -0.0231. The van der Waals surface area contributed by atoms with Gasteiger partial charge in [0.2, 0.25) is 11.7 Å². The highest BCUT2D eigenvalue weighted by atomic mass is 19.1. The summed E-state index contributed by atoms with van der Waals surface area (Å²) in [6.45, 7) is 0.471. The van der Waals surface area contributed by atoms with Gasteiger partial charge in [-0.1, -0.05) is 12.5 Å². The minimum atomic E-state index is -1.26. The van der Waals surface area contributed by atoms with Crippen molar-refractivity contribution in [3.8, 4) is 0 Å². The van der Waals surface area contributed by atoms with E-state index < -0.39 is 47.1 Å². The fraction of sp³-hybridized carbons (Fsp3) is 0.500. The summed E-state index contributed by atoms with van der Waals surface area (Å²) >= 11 is 0. The Morgan fingerprint density at radius 1 is 1.22 bits per heavy atom. The van der Waals surface area contributed by atoms with Crippen LogP contribution < -0.4 is 5.32 Å². The van der Waals surface area contributed by atoms with Crippen LogP contribution in [0.25, 0.3) is 0 Å². The molecule has 2 amide bonds. The number of hydrogen-bond donors (Lipinski definition) is 2. The number of fused-ring (bicyclic) bond motifs is 4. The zero-order valence-electron chi connectivity index (χ0n) is 17.2. The SMILES string of the molecule is O=C(NCc1ccc(F)cc1F)C1CN2CC3OCC4CCCC4N3C(=O)C2=C(O)C1=O. The van der Waals surface area contributed by atoms with E-state index in [1.165, 1.54) is 11.0 Å². The number of rotatable bonds is 3. The number of aliphatic hydroxyl groups excluding tert-OH is 1. The lowest BCUT2D eigenvalue weighted by molar-refractivity contribution is -0.184. The lowest BCUT2D eigenvalue weighted by Gasteiger charge is -2.51. The number of halogens is 2. The predicted octanol–water partition coefficient (Wildman–Crippen LogP) is 1.22. The number of nitrogens with zero attached hydrogens (tertiary/aromatic N) is 2. The highest BCUT2D eigenvalue weighted by molar-refractivity contribution is 6.13. The molecule has 2 saturated heterocycles. The standard InChI is InChI=1S/C22H23F2N3O5/c23-13-5-4-11(15(24)6-13)7-25-21(30)14-8-26-9-17-27(16-3-1-2-12(16)10-32-17)22(31)18(26)20(29)19(14)28/h4-6,12,14,16-17,29H,1-3,7-10H2,(H,25,30). The van der Waals surface area contributed by atoms with Gasteiger partial charge in [-0.05, 0) is 18.9 Å². The smallest absolute Gasteiger partial charge is 0.276 e. The Morgan fingerprint density at radius 3 is 2.81 bits per heavy atom. The number of aliphatic hydroxyl groups is 1. The second-order valence-corrected chi connectivity index (χ2v) is 8.73. The van der Waals surface area contributed by atoms with Gasteiger partial charge in [-0.3, -0.25) is 14.4 Å². The number of benzene rings is 1. The molecule has 4 unspecified atom stereocenters. The van der Waals surface area contributed by atoms with Gasteiger partial charge in [-0.25, -0.2) is 8.78 Å². The number of hydrogen-bond acceptors (Lipinski definition) is 6. The number of carbonyl (C=O) groups excluding carboxylic acids is 3. The molecular formula is C22H23F2N3O5. The Kier molecular flexibility index (Phi) is 5.11. The van der Waals surface area contributed by atoms with Gasteiger partial charge in [0.1, 0.15) is 23.2 Å². The minimum absolute atomic E-state index is 0.0328. The zero-order chi connectivity index (χ0) is 22.6. The Bertz CT molecular complexity index is 1030. The molecule has 3 heterocycles. The van der Waals surface area contributed by atoms with Crippen LogP contribution in [-0.4, -0.2) is 64.5 Å². The van der Waals surface area contributed by atoms with E-state index in [1.54, 1.807) is 4.90 Å². The largest absolute Gasteiger partial charge is 0.503 e. The number of allylic oxidation sites excluding steroid dienone is 1. The molecule has 0 radical (unpaired) electrons. The first-order valence-corrected chi connectivity index (χ1v) is 10.7. The van der Waals surface area contributed by atoms with Gasteiger partial charge in [0.05, 0.1) is 13.2 Å². The molecule has 10 heteroatoms. The molecule has 32 heavy (non-hydrogen) atoms. The number of amides is 2. The summed E-state index contributed by atoms with van der Waals surface area (Å²) in [6, 6.07) is 3.02. The minimum Gasteiger partial charge on any atom is -0.503 e. The number of nitrogens with one attached hydrogen (secondary N) is 1. The van der Waals surface area contributed by atoms with Crippen LogP contribution in [0.1, 0.15) is 24.8 Å². The Labute approximate surface area is 182 Å². The van der Waals surface area contributed by atoms with E-state index in [9.17, 15) is 28.3 Å². The molecule has 0 aromatic heterocycles. The molecule has 1 aliphatic carbocycles. The number of ketones is 1. The predicted molar refractivity (Wildman–Crippen MR) is 106 cm³/mol. The van der Waals surface area contributed by atoms with E-state index in [4.69, 9.17) is 4.74 Å². The molecule has 1 aromatic carbocycles. The monoisotopic (exact) mass is 447 g/mol. The average molecular weight is 447 g/mol.